The topological polar surface area (TPSA) is 66.9 Å². The van der Waals surface area contributed by atoms with Gasteiger partial charge in [-0.05, 0) is 49.4 Å². The van der Waals surface area contributed by atoms with Crippen molar-refractivity contribution in [2.75, 3.05) is 0 Å². The van der Waals surface area contributed by atoms with Crippen LogP contribution in [-0.2, 0) is 24.2 Å². The number of benzene rings is 2. The normalized spacial score (nSPS) is 16.2. The summed E-state index contributed by atoms with van der Waals surface area (Å²) in [5.74, 6) is -0.0821. The fourth-order valence-corrected chi connectivity index (χ4v) is 3.96. The molecule has 3 aromatic rings. The van der Waals surface area contributed by atoms with E-state index in [1.807, 2.05) is 54.6 Å². The number of nitrogens with zero attached hydrogens (tertiary/aromatic N) is 1. The first-order chi connectivity index (χ1) is 13.6. The second kappa shape index (κ2) is 8.07. The van der Waals surface area contributed by atoms with Crippen LogP contribution < -0.4 is 10.9 Å². The molecule has 1 aliphatic rings. The number of carbonyl (C=O) groups excluding carboxylic acids is 1. The molecule has 28 heavy (non-hydrogen) atoms. The smallest absolute Gasteiger partial charge is 0.274 e. The predicted molar refractivity (Wildman–Crippen MR) is 110 cm³/mol. The summed E-state index contributed by atoms with van der Waals surface area (Å²) < 4.78 is 1.60. The highest BCUT2D eigenvalue weighted by Gasteiger charge is 2.26. The predicted octanol–water partition coefficient (Wildman–Crippen LogP) is 3.63. The van der Waals surface area contributed by atoms with E-state index in [1.54, 1.807) is 4.68 Å². The maximum atomic E-state index is 12.8. The van der Waals surface area contributed by atoms with Crippen molar-refractivity contribution in [3.8, 4) is 5.69 Å². The third-order valence-electron chi connectivity index (χ3n) is 5.35. The minimum absolute atomic E-state index is 0.0154. The lowest BCUT2D eigenvalue weighted by molar-refractivity contribution is -0.125. The number of rotatable bonds is 4. The standard InChI is InChI=1S/C22H22ClN3O2/c23-19-9-5-4-6-16(19)14-24-21(27)15-10-12-18-20(13-11-15)25-26(22(18)28)17-7-2-1-3-8-17/h1-9,15,25H,10-14H2,(H,24,27). The summed E-state index contributed by atoms with van der Waals surface area (Å²) in [4.78, 5) is 25.4. The number of hydrogen-bond acceptors (Lipinski definition) is 2. The Bertz CT molecular complexity index is 1040. The minimum atomic E-state index is -0.104. The summed E-state index contributed by atoms with van der Waals surface area (Å²) in [7, 11) is 0. The maximum absolute atomic E-state index is 12.8. The van der Waals surface area contributed by atoms with E-state index in [0.29, 0.717) is 30.8 Å². The molecule has 2 aromatic carbocycles. The largest absolute Gasteiger partial charge is 0.352 e. The van der Waals surface area contributed by atoms with Gasteiger partial charge >= 0.3 is 0 Å². The number of carbonyl (C=O) groups is 1. The Labute approximate surface area is 168 Å². The molecule has 2 N–H and O–H groups in total. The SMILES string of the molecule is O=C(NCc1ccccc1Cl)C1CCc2[nH]n(-c3ccccc3)c(=O)c2CC1. The highest BCUT2D eigenvalue weighted by molar-refractivity contribution is 6.31. The van der Waals surface area contributed by atoms with E-state index in [-0.39, 0.29) is 17.4 Å². The van der Waals surface area contributed by atoms with Crippen molar-refractivity contribution in [1.29, 1.82) is 0 Å². The fourth-order valence-electron chi connectivity index (χ4n) is 3.75. The molecule has 6 heteroatoms. The van der Waals surface area contributed by atoms with Gasteiger partial charge in [0.1, 0.15) is 0 Å². The van der Waals surface area contributed by atoms with E-state index in [0.717, 1.165) is 28.9 Å². The Hall–Kier alpha value is -2.79. The summed E-state index contributed by atoms with van der Waals surface area (Å²) in [6, 6.07) is 17.1. The van der Waals surface area contributed by atoms with Gasteiger partial charge in [0.15, 0.2) is 0 Å². The molecule has 1 heterocycles. The summed E-state index contributed by atoms with van der Waals surface area (Å²) in [6.07, 6.45) is 2.68. The van der Waals surface area contributed by atoms with Gasteiger partial charge < -0.3 is 5.32 Å². The summed E-state index contributed by atoms with van der Waals surface area (Å²) in [5, 5.41) is 6.88. The zero-order valence-corrected chi connectivity index (χ0v) is 16.2. The van der Waals surface area contributed by atoms with Gasteiger partial charge in [-0.2, -0.15) is 0 Å². The first-order valence-corrected chi connectivity index (χ1v) is 9.90. The van der Waals surface area contributed by atoms with Gasteiger partial charge in [0.05, 0.1) is 5.69 Å². The molecule has 1 amide bonds. The van der Waals surface area contributed by atoms with Crippen LogP contribution in [0.5, 0.6) is 0 Å². The number of amides is 1. The van der Waals surface area contributed by atoms with Crippen LogP contribution in [0.1, 0.15) is 29.7 Å². The lowest BCUT2D eigenvalue weighted by Gasteiger charge is -2.14. The number of aryl methyl sites for hydroxylation is 1. The highest BCUT2D eigenvalue weighted by Crippen LogP contribution is 2.23. The van der Waals surface area contributed by atoms with Gasteiger partial charge in [0.2, 0.25) is 5.91 Å². The van der Waals surface area contributed by atoms with Crippen LogP contribution >= 0.6 is 11.6 Å². The zero-order valence-electron chi connectivity index (χ0n) is 15.5. The molecule has 1 aromatic heterocycles. The van der Waals surface area contributed by atoms with Crippen LogP contribution in [0, 0.1) is 5.92 Å². The first kappa shape index (κ1) is 18.6. The maximum Gasteiger partial charge on any atom is 0.274 e. The number of fused-ring (bicyclic) bond motifs is 1. The van der Waals surface area contributed by atoms with Crippen molar-refractivity contribution in [3.63, 3.8) is 0 Å². The van der Waals surface area contributed by atoms with E-state index in [9.17, 15) is 9.59 Å². The second-order valence-electron chi connectivity index (χ2n) is 7.13. The van der Waals surface area contributed by atoms with E-state index < -0.39 is 0 Å². The first-order valence-electron chi connectivity index (χ1n) is 9.53. The number of aromatic amines is 1. The summed E-state index contributed by atoms with van der Waals surface area (Å²) in [5.41, 5.74) is 3.45. The molecule has 0 fully saturated rings. The zero-order chi connectivity index (χ0) is 19.5. The third-order valence-corrected chi connectivity index (χ3v) is 5.72. The Morgan fingerprint density at radius 2 is 1.79 bits per heavy atom. The van der Waals surface area contributed by atoms with Crippen LogP contribution in [0.3, 0.4) is 0 Å². The second-order valence-corrected chi connectivity index (χ2v) is 7.54. The Morgan fingerprint density at radius 1 is 1.07 bits per heavy atom. The van der Waals surface area contributed by atoms with Gasteiger partial charge in [-0.1, -0.05) is 48.0 Å². The number of nitrogens with one attached hydrogen (secondary N) is 2. The Kier molecular flexibility index (Phi) is 5.35. The van der Waals surface area contributed by atoms with Crippen LogP contribution in [0.15, 0.2) is 59.4 Å². The molecule has 1 aliphatic carbocycles. The van der Waals surface area contributed by atoms with Crippen molar-refractivity contribution in [2.24, 2.45) is 5.92 Å². The van der Waals surface area contributed by atoms with Crippen LogP contribution in [0.2, 0.25) is 5.02 Å². The van der Waals surface area contributed by atoms with Gasteiger partial charge in [-0.25, -0.2) is 4.68 Å². The van der Waals surface area contributed by atoms with Crippen molar-refractivity contribution in [3.05, 3.63) is 86.8 Å². The molecule has 0 bridgehead atoms. The molecule has 1 atom stereocenters. The quantitative estimate of drug-likeness (QED) is 0.662. The van der Waals surface area contributed by atoms with Gasteiger partial charge in [0.25, 0.3) is 5.56 Å². The summed E-state index contributed by atoms with van der Waals surface area (Å²) >= 11 is 6.16. The average Bonchev–Trinajstić information content (AvgIpc) is 2.89. The molecule has 4 rings (SSSR count). The number of aromatic nitrogens is 2. The van der Waals surface area contributed by atoms with Crippen molar-refractivity contribution in [1.82, 2.24) is 15.1 Å². The molecule has 5 nitrogen and oxygen atoms in total. The molecule has 0 saturated heterocycles. The lowest BCUT2D eigenvalue weighted by Crippen LogP contribution is -2.31. The van der Waals surface area contributed by atoms with Crippen LogP contribution in [0.25, 0.3) is 5.69 Å². The Balaban J connectivity index is 1.43. The highest BCUT2D eigenvalue weighted by atomic mass is 35.5. The third kappa shape index (κ3) is 3.76. The van der Waals surface area contributed by atoms with Gasteiger partial charge in [0, 0.05) is 28.7 Å². The van der Waals surface area contributed by atoms with Crippen LogP contribution in [0.4, 0.5) is 0 Å². The lowest BCUT2D eigenvalue weighted by atomic mass is 9.98. The molecule has 0 saturated carbocycles. The van der Waals surface area contributed by atoms with Crippen molar-refractivity contribution < 1.29 is 4.79 Å². The van der Waals surface area contributed by atoms with Gasteiger partial charge in [-0.3, -0.25) is 14.7 Å². The van der Waals surface area contributed by atoms with Crippen molar-refractivity contribution >= 4 is 17.5 Å². The molecule has 1 unspecified atom stereocenters. The molecule has 0 aliphatic heterocycles. The fraction of sp³-hybridized carbons (Fsp3) is 0.273. The van der Waals surface area contributed by atoms with E-state index >= 15 is 0 Å². The van der Waals surface area contributed by atoms with Gasteiger partial charge in [-0.15, -0.1) is 0 Å². The monoisotopic (exact) mass is 395 g/mol. The molecule has 0 radical (unpaired) electrons. The van der Waals surface area contributed by atoms with E-state index in [4.69, 9.17) is 11.6 Å². The summed E-state index contributed by atoms with van der Waals surface area (Å²) in [6.45, 7) is 0.418. The number of hydrogen-bond donors (Lipinski definition) is 2. The molecular formula is C22H22ClN3O2. The Morgan fingerprint density at radius 3 is 2.57 bits per heavy atom. The molecular weight excluding hydrogens is 374 g/mol. The minimum Gasteiger partial charge on any atom is -0.352 e. The number of para-hydroxylation sites is 1. The number of halogens is 1. The van der Waals surface area contributed by atoms with Crippen molar-refractivity contribution in [2.45, 2.75) is 32.2 Å². The van der Waals surface area contributed by atoms with Crippen LogP contribution in [-0.4, -0.2) is 15.7 Å². The molecule has 144 valence electrons. The number of H-pyrrole nitrogens is 1. The van der Waals surface area contributed by atoms with E-state index in [1.165, 1.54) is 0 Å². The molecule has 0 spiro atoms. The average molecular weight is 396 g/mol. The van der Waals surface area contributed by atoms with E-state index in [2.05, 4.69) is 10.4 Å².